The minimum absolute atomic E-state index is 0.208. The predicted octanol–water partition coefficient (Wildman–Crippen LogP) is 4.43. The molecule has 2 aromatic heterocycles. The van der Waals surface area contributed by atoms with Crippen LogP contribution in [0.3, 0.4) is 0 Å². The number of thiazole rings is 1. The zero-order valence-corrected chi connectivity index (χ0v) is 23.0. The molecule has 3 aromatic rings. The number of ketones is 1. The molecule has 1 aromatic carbocycles. The number of ether oxygens (including phenoxy) is 3. The number of amides is 1. The quantitative estimate of drug-likeness (QED) is 0.245. The fraction of sp³-hybridized carbons (Fsp3) is 0.444. The van der Waals surface area contributed by atoms with E-state index in [1.165, 1.54) is 23.0 Å². The van der Waals surface area contributed by atoms with Crippen molar-refractivity contribution in [1.82, 2.24) is 9.66 Å². The van der Waals surface area contributed by atoms with Gasteiger partial charge < -0.3 is 14.2 Å². The van der Waals surface area contributed by atoms with Gasteiger partial charge in [0.05, 0.1) is 30.5 Å². The van der Waals surface area contributed by atoms with Gasteiger partial charge in [0.2, 0.25) is 5.78 Å². The van der Waals surface area contributed by atoms with Crippen molar-refractivity contribution >= 4 is 46.1 Å². The van der Waals surface area contributed by atoms with Crippen LogP contribution in [0.15, 0.2) is 35.8 Å². The van der Waals surface area contributed by atoms with Gasteiger partial charge in [0, 0.05) is 23.4 Å². The van der Waals surface area contributed by atoms with Crippen LogP contribution in [0.4, 0.5) is 4.79 Å². The molecule has 4 rings (SSSR count). The highest BCUT2D eigenvalue weighted by Crippen LogP contribution is 2.31. The van der Waals surface area contributed by atoms with Crippen molar-refractivity contribution in [3.8, 4) is 0 Å². The summed E-state index contributed by atoms with van der Waals surface area (Å²) in [6, 6.07) is 6.03. The number of nitrogens with zero attached hydrogens (tertiary/aromatic N) is 3. The van der Waals surface area contributed by atoms with Crippen molar-refractivity contribution in [2.24, 2.45) is 5.92 Å². The molecule has 11 heteroatoms. The van der Waals surface area contributed by atoms with Crippen molar-refractivity contribution in [2.75, 3.05) is 18.7 Å². The SMILES string of the molecule is COC(=O)[C@H](C(C)C)N(C(=O)OC(C)(C)C)n1cc(C(=O)c2nc(C3CCOC3=O)cs2)c2ccccc21. The monoisotopic (exact) mass is 541 g/mol. The lowest BCUT2D eigenvalue weighted by Gasteiger charge is -2.34. The number of fused-ring (bicyclic) bond motifs is 1. The van der Waals surface area contributed by atoms with Crippen molar-refractivity contribution in [2.45, 2.75) is 58.6 Å². The first-order valence-corrected chi connectivity index (χ1v) is 13.2. The number of methoxy groups -OCH3 is 1. The zero-order valence-electron chi connectivity index (χ0n) is 22.2. The second kappa shape index (κ2) is 10.6. The van der Waals surface area contributed by atoms with E-state index in [4.69, 9.17) is 14.2 Å². The van der Waals surface area contributed by atoms with Crippen LogP contribution in [0.25, 0.3) is 10.9 Å². The number of rotatable bonds is 7. The van der Waals surface area contributed by atoms with Crippen LogP contribution in [-0.2, 0) is 23.8 Å². The summed E-state index contributed by atoms with van der Waals surface area (Å²) in [5.74, 6) is -2.16. The molecule has 1 aliphatic heterocycles. The van der Waals surface area contributed by atoms with Crippen LogP contribution in [-0.4, -0.2) is 58.8 Å². The Morgan fingerprint density at radius 2 is 1.92 bits per heavy atom. The second-order valence-corrected chi connectivity index (χ2v) is 11.2. The van der Waals surface area contributed by atoms with E-state index in [2.05, 4.69) is 4.98 Å². The number of esters is 2. The van der Waals surface area contributed by atoms with E-state index >= 15 is 0 Å². The molecular formula is C27H31N3O7S. The molecule has 1 unspecified atom stereocenters. The van der Waals surface area contributed by atoms with Gasteiger partial charge in [-0.3, -0.25) is 14.3 Å². The Labute approximate surface area is 224 Å². The van der Waals surface area contributed by atoms with Crippen molar-refractivity contribution < 1.29 is 33.4 Å². The molecule has 0 N–H and O–H groups in total. The summed E-state index contributed by atoms with van der Waals surface area (Å²) >= 11 is 1.14. The fourth-order valence-corrected chi connectivity index (χ4v) is 5.20. The van der Waals surface area contributed by atoms with Gasteiger partial charge in [-0.2, -0.15) is 5.01 Å². The highest BCUT2D eigenvalue weighted by atomic mass is 32.1. The Kier molecular flexibility index (Phi) is 7.59. The Hall–Kier alpha value is -3.73. The summed E-state index contributed by atoms with van der Waals surface area (Å²) in [7, 11) is 1.26. The maximum Gasteiger partial charge on any atom is 0.430 e. The summed E-state index contributed by atoms with van der Waals surface area (Å²) in [6.45, 7) is 9.11. The molecule has 1 aliphatic rings. The molecule has 0 saturated carbocycles. The topological polar surface area (TPSA) is 117 Å². The number of para-hydroxylation sites is 1. The largest absolute Gasteiger partial charge is 0.467 e. The van der Waals surface area contributed by atoms with Crippen molar-refractivity contribution in [3.63, 3.8) is 0 Å². The molecule has 1 amide bonds. The molecule has 2 atom stereocenters. The van der Waals surface area contributed by atoms with Gasteiger partial charge in [-0.15, -0.1) is 11.3 Å². The minimum atomic E-state index is -1.03. The van der Waals surface area contributed by atoms with E-state index in [1.807, 2.05) is 0 Å². The molecule has 10 nitrogen and oxygen atoms in total. The molecule has 0 radical (unpaired) electrons. The smallest absolute Gasteiger partial charge is 0.430 e. The number of cyclic esters (lactones) is 1. The fourth-order valence-electron chi connectivity index (χ4n) is 4.37. The molecule has 0 aliphatic carbocycles. The Morgan fingerprint density at radius 3 is 2.53 bits per heavy atom. The van der Waals surface area contributed by atoms with E-state index in [1.54, 1.807) is 64.3 Å². The molecule has 38 heavy (non-hydrogen) atoms. The summed E-state index contributed by atoms with van der Waals surface area (Å²) in [4.78, 5) is 56.6. The lowest BCUT2D eigenvalue weighted by molar-refractivity contribution is -0.144. The van der Waals surface area contributed by atoms with Crippen LogP contribution in [0.1, 0.15) is 68.0 Å². The molecule has 0 spiro atoms. The maximum atomic E-state index is 13.7. The van der Waals surface area contributed by atoms with Gasteiger partial charge >= 0.3 is 18.0 Å². The number of hydrogen-bond donors (Lipinski definition) is 0. The van der Waals surface area contributed by atoms with E-state index in [9.17, 15) is 19.2 Å². The lowest BCUT2D eigenvalue weighted by atomic mass is 10.0. The summed E-state index contributed by atoms with van der Waals surface area (Å²) in [5.41, 5.74) is 0.474. The van der Waals surface area contributed by atoms with Crippen LogP contribution < -0.4 is 5.01 Å². The van der Waals surface area contributed by atoms with Crippen LogP contribution in [0.5, 0.6) is 0 Å². The van der Waals surface area contributed by atoms with Crippen LogP contribution >= 0.6 is 11.3 Å². The third-order valence-corrected chi connectivity index (χ3v) is 6.96. The average Bonchev–Trinajstić information content (AvgIpc) is 3.58. The second-order valence-electron chi connectivity index (χ2n) is 10.4. The predicted molar refractivity (Wildman–Crippen MR) is 141 cm³/mol. The minimum Gasteiger partial charge on any atom is -0.467 e. The molecule has 1 fully saturated rings. The first-order valence-electron chi connectivity index (χ1n) is 12.3. The van der Waals surface area contributed by atoms with Gasteiger partial charge in [0.25, 0.3) is 0 Å². The molecule has 1 saturated heterocycles. The van der Waals surface area contributed by atoms with E-state index < -0.39 is 29.6 Å². The molecule has 3 heterocycles. The van der Waals surface area contributed by atoms with E-state index in [-0.39, 0.29) is 28.2 Å². The molecule has 202 valence electrons. The molecular weight excluding hydrogens is 510 g/mol. The summed E-state index contributed by atoms with van der Waals surface area (Å²) < 4.78 is 17.2. The van der Waals surface area contributed by atoms with Gasteiger partial charge in [0.15, 0.2) is 11.0 Å². The highest BCUT2D eigenvalue weighted by Gasteiger charge is 2.39. The van der Waals surface area contributed by atoms with Crippen molar-refractivity contribution in [1.29, 1.82) is 0 Å². The zero-order chi connectivity index (χ0) is 27.8. The number of aromatic nitrogens is 2. The lowest BCUT2D eigenvalue weighted by Crippen LogP contribution is -2.55. The van der Waals surface area contributed by atoms with Gasteiger partial charge in [-0.1, -0.05) is 32.0 Å². The Balaban J connectivity index is 1.83. The van der Waals surface area contributed by atoms with Gasteiger partial charge in [-0.05, 0) is 32.8 Å². The first kappa shape index (κ1) is 27.3. The van der Waals surface area contributed by atoms with Gasteiger partial charge in [0.1, 0.15) is 11.5 Å². The Morgan fingerprint density at radius 1 is 1.21 bits per heavy atom. The summed E-state index contributed by atoms with van der Waals surface area (Å²) in [5, 5.41) is 3.67. The van der Waals surface area contributed by atoms with E-state index in [0.717, 1.165) is 11.3 Å². The molecule has 0 bridgehead atoms. The third-order valence-electron chi connectivity index (χ3n) is 6.10. The van der Waals surface area contributed by atoms with Crippen LogP contribution in [0.2, 0.25) is 0 Å². The highest BCUT2D eigenvalue weighted by molar-refractivity contribution is 7.12. The number of hydrogen-bond acceptors (Lipinski definition) is 9. The summed E-state index contributed by atoms with van der Waals surface area (Å²) in [6.07, 6.45) is 1.27. The number of carbonyl (C=O) groups is 4. The van der Waals surface area contributed by atoms with Gasteiger partial charge in [-0.25, -0.2) is 14.6 Å². The van der Waals surface area contributed by atoms with E-state index in [0.29, 0.717) is 29.6 Å². The van der Waals surface area contributed by atoms with Crippen LogP contribution in [0, 0.1) is 5.92 Å². The Bertz CT molecular complexity index is 1380. The number of benzene rings is 1. The standard InChI is InChI=1S/C27H31N3O7S/c1-15(2)21(25(33)35-6)30(26(34)37-27(3,4)5)29-13-18(16-9-7-8-10-20(16)29)22(31)23-28-19(14-38-23)17-11-12-36-24(17)32/h7-10,13-15,17,21H,11-12H2,1-6H3/t17?,21-/m0/s1. The number of carbonyl (C=O) groups excluding carboxylic acids is 4. The third kappa shape index (κ3) is 5.28. The average molecular weight is 542 g/mol. The first-order chi connectivity index (χ1) is 17.9. The maximum absolute atomic E-state index is 13.7. The normalized spacial score (nSPS) is 16.4. The van der Waals surface area contributed by atoms with Crippen molar-refractivity contribution in [3.05, 3.63) is 52.1 Å².